The summed E-state index contributed by atoms with van der Waals surface area (Å²) in [5.41, 5.74) is 0.129. The van der Waals surface area contributed by atoms with Gasteiger partial charge in [0.15, 0.2) is 10.9 Å². The zero-order chi connectivity index (χ0) is 18.1. The Kier molecular flexibility index (Phi) is 5.15. The summed E-state index contributed by atoms with van der Waals surface area (Å²) in [6, 6.07) is 2.10. The first-order valence-electron chi connectivity index (χ1n) is 8.99. The van der Waals surface area contributed by atoms with Crippen molar-refractivity contribution in [3.05, 3.63) is 23.8 Å². The fraction of sp³-hybridized carbons (Fsp3) is 0.556. The Bertz CT molecular complexity index is 803. The quantitative estimate of drug-likeness (QED) is 0.799. The van der Waals surface area contributed by atoms with E-state index in [2.05, 4.69) is 9.88 Å². The SMILES string of the molecule is O=C(C1CCC1)N(CCN1CCOCC1)c1nc2c(F)cc(F)cc2s1. The minimum atomic E-state index is -0.688. The summed E-state index contributed by atoms with van der Waals surface area (Å²) in [5, 5.41) is 0.453. The lowest BCUT2D eigenvalue weighted by Crippen LogP contribution is -2.45. The molecular weight excluding hydrogens is 360 g/mol. The van der Waals surface area contributed by atoms with Crippen LogP contribution in [0.5, 0.6) is 0 Å². The average Bonchev–Trinajstić information content (AvgIpc) is 2.98. The third-order valence-corrected chi connectivity index (χ3v) is 6.12. The molecule has 0 bridgehead atoms. The molecule has 8 heteroatoms. The van der Waals surface area contributed by atoms with E-state index in [-0.39, 0.29) is 17.3 Å². The molecule has 1 amide bonds. The lowest BCUT2D eigenvalue weighted by atomic mass is 9.84. The van der Waals surface area contributed by atoms with Crippen LogP contribution in [0.25, 0.3) is 10.2 Å². The van der Waals surface area contributed by atoms with Crippen molar-refractivity contribution < 1.29 is 18.3 Å². The maximum absolute atomic E-state index is 14.0. The van der Waals surface area contributed by atoms with Gasteiger partial charge in [-0.3, -0.25) is 14.6 Å². The highest BCUT2D eigenvalue weighted by molar-refractivity contribution is 7.22. The number of ether oxygens (including phenoxy) is 1. The predicted octanol–water partition coefficient (Wildman–Crippen LogP) is 3.04. The molecular formula is C18H21F2N3O2S. The van der Waals surface area contributed by atoms with Gasteiger partial charge in [-0.05, 0) is 18.9 Å². The van der Waals surface area contributed by atoms with Crippen LogP contribution in [0.2, 0.25) is 0 Å². The summed E-state index contributed by atoms with van der Waals surface area (Å²) in [7, 11) is 0. The molecule has 1 aliphatic heterocycles. The van der Waals surface area contributed by atoms with E-state index in [0.29, 0.717) is 36.1 Å². The Morgan fingerprint density at radius 2 is 2.08 bits per heavy atom. The predicted molar refractivity (Wildman–Crippen MR) is 96.5 cm³/mol. The van der Waals surface area contributed by atoms with Crippen LogP contribution in [0.15, 0.2) is 12.1 Å². The first-order valence-corrected chi connectivity index (χ1v) is 9.80. The number of fused-ring (bicyclic) bond motifs is 1. The van der Waals surface area contributed by atoms with Gasteiger partial charge in [-0.15, -0.1) is 0 Å². The monoisotopic (exact) mass is 381 g/mol. The van der Waals surface area contributed by atoms with Crippen LogP contribution in [0, 0.1) is 17.6 Å². The molecule has 140 valence electrons. The fourth-order valence-corrected chi connectivity index (χ4v) is 4.34. The number of carbonyl (C=O) groups excluding carboxylic acids is 1. The molecule has 2 heterocycles. The highest BCUT2D eigenvalue weighted by atomic mass is 32.1. The third-order valence-electron chi connectivity index (χ3n) is 5.10. The normalized spacial score (nSPS) is 18.8. The standard InChI is InChI=1S/C18H21F2N3O2S/c19-13-10-14(20)16-15(11-13)26-18(21-16)23(17(24)12-2-1-3-12)5-4-22-6-8-25-9-7-22/h10-12H,1-9H2. The molecule has 1 aromatic heterocycles. The number of amides is 1. The highest BCUT2D eigenvalue weighted by Crippen LogP contribution is 2.35. The second-order valence-corrected chi connectivity index (χ2v) is 7.81. The lowest BCUT2D eigenvalue weighted by Gasteiger charge is -2.33. The van der Waals surface area contributed by atoms with Gasteiger partial charge in [-0.25, -0.2) is 13.8 Å². The van der Waals surface area contributed by atoms with Gasteiger partial charge in [0.25, 0.3) is 0 Å². The molecule has 0 radical (unpaired) electrons. The Labute approximate surface area is 154 Å². The maximum Gasteiger partial charge on any atom is 0.231 e. The number of thiazole rings is 1. The van der Waals surface area contributed by atoms with Crippen LogP contribution >= 0.6 is 11.3 Å². The summed E-state index contributed by atoms with van der Waals surface area (Å²) >= 11 is 1.17. The van der Waals surface area contributed by atoms with E-state index in [4.69, 9.17) is 4.74 Å². The topological polar surface area (TPSA) is 45.7 Å². The molecule has 1 saturated carbocycles. The van der Waals surface area contributed by atoms with E-state index in [1.54, 1.807) is 4.90 Å². The molecule has 2 aromatic rings. The summed E-state index contributed by atoms with van der Waals surface area (Å²) in [6.45, 7) is 4.29. The van der Waals surface area contributed by atoms with Gasteiger partial charge in [0.2, 0.25) is 5.91 Å². The maximum atomic E-state index is 14.0. The van der Waals surface area contributed by atoms with Crippen molar-refractivity contribution in [3.8, 4) is 0 Å². The molecule has 4 rings (SSSR count). The number of halogens is 2. The zero-order valence-electron chi connectivity index (χ0n) is 14.4. The first-order chi connectivity index (χ1) is 12.6. The van der Waals surface area contributed by atoms with E-state index in [1.165, 1.54) is 17.4 Å². The molecule has 0 spiro atoms. The van der Waals surface area contributed by atoms with E-state index in [0.717, 1.165) is 38.4 Å². The van der Waals surface area contributed by atoms with Crippen LogP contribution in [0.4, 0.5) is 13.9 Å². The van der Waals surface area contributed by atoms with E-state index in [1.807, 2.05) is 0 Å². The lowest BCUT2D eigenvalue weighted by molar-refractivity contribution is -0.124. The Balaban J connectivity index is 1.59. The number of morpholine rings is 1. The second kappa shape index (κ2) is 7.54. The minimum absolute atomic E-state index is 0.0216. The fourth-order valence-electron chi connectivity index (χ4n) is 3.30. The smallest absolute Gasteiger partial charge is 0.231 e. The van der Waals surface area contributed by atoms with Gasteiger partial charge >= 0.3 is 0 Å². The van der Waals surface area contributed by atoms with Crippen molar-refractivity contribution in [2.24, 2.45) is 5.92 Å². The summed E-state index contributed by atoms with van der Waals surface area (Å²) < 4.78 is 33.3. The number of carbonyl (C=O) groups is 1. The van der Waals surface area contributed by atoms with E-state index < -0.39 is 11.6 Å². The molecule has 0 unspecified atom stereocenters. The highest BCUT2D eigenvalue weighted by Gasteiger charge is 2.32. The third kappa shape index (κ3) is 3.58. The van der Waals surface area contributed by atoms with E-state index in [9.17, 15) is 13.6 Å². The minimum Gasteiger partial charge on any atom is -0.379 e. The molecule has 0 atom stereocenters. The van der Waals surface area contributed by atoms with E-state index >= 15 is 0 Å². The first kappa shape index (κ1) is 17.8. The average molecular weight is 381 g/mol. The van der Waals surface area contributed by atoms with Gasteiger partial charge in [-0.2, -0.15) is 0 Å². The molecule has 1 aliphatic carbocycles. The van der Waals surface area contributed by atoms with Crippen molar-refractivity contribution >= 4 is 32.6 Å². The van der Waals surface area contributed by atoms with Crippen LogP contribution in [-0.2, 0) is 9.53 Å². The summed E-state index contributed by atoms with van der Waals surface area (Å²) in [4.78, 5) is 21.1. The molecule has 1 saturated heterocycles. The molecule has 26 heavy (non-hydrogen) atoms. The molecule has 2 aliphatic rings. The molecule has 5 nitrogen and oxygen atoms in total. The van der Waals surface area contributed by atoms with Crippen LogP contribution in [0.3, 0.4) is 0 Å². The van der Waals surface area contributed by atoms with Crippen LogP contribution in [-0.4, -0.2) is 55.2 Å². The Morgan fingerprint density at radius 3 is 2.77 bits per heavy atom. The van der Waals surface area contributed by atoms with Crippen molar-refractivity contribution in [1.29, 1.82) is 0 Å². The number of benzene rings is 1. The molecule has 2 fully saturated rings. The summed E-state index contributed by atoms with van der Waals surface area (Å²) in [6.07, 6.45) is 2.84. The number of anilines is 1. The van der Waals surface area contributed by atoms with Gasteiger partial charge in [0, 0.05) is 38.2 Å². The molecule has 1 aromatic carbocycles. The van der Waals surface area contributed by atoms with Crippen molar-refractivity contribution in [3.63, 3.8) is 0 Å². The Hall–Kier alpha value is -1.64. The summed E-state index contributed by atoms with van der Waals surface area (Å²) in [5.74, 6) is -1.25. The number of hydrogen-bond acceptors (Lipinski definition) is 5. The second-order valence-electron chi connectivity index (χ2n) is 6.80. The number of rotatable bonds is 5. The van der Waals surface area contributed by atoms with Crippen molar-refractivity contribution in [2.45, 2.75) is 19.3 Å². The van der Waals surface area contributed by atoms with Gasteiger partial charge in [-0.1, -0.05) is 17.8 Å². The molecule has 0 N–H and O–H groups in total. The number of aromatic nitrogens is 1. The van der Waals surface area contributed by atoms with Gasteiger partial charge in [0.1, 0.15) is 11.3 Å². The van der Waals surface area contributed by atoms with Gasteiger partial charge < -0.3 is 4.74 Å². The van der Waals surface area contributed by atoms with Crippen LogP contribution < -0.4 is 4.90 Å². The van der Waals surface area contributed by atoms with Crippen molar-refractivity contribution in [2.75, 3.05) is 44.3 Å². The largest absolute Gasteiger partial charge is 0.379 e. The Morgan fingerprint density at radius 1 is 1.31 bits per heavy atom. The van der Waals surface area contributed by atoms with Gasteiger partial charge in [0.05, 0.1) is 17.9 Å². The van der Waals surface area contributed by atoms with Crippen LogP contribution in [0.1, 0.15) is 19.3 Å². The number of nitrogens with zero attached hydrogens (tertiary/aromatic N) is 3. The number of hydrogen-bond donors (Lipinski definition) is 0. The zero-order valence-corrected chi connectivity index (χ0v) is 15.2. The van der Waals surface area contributed by atoms with Crippen molar-refractivity contribution in [1.82, 2.24) is 9.88 Å².